The molecule has 11 aromatic rings. The Balaban J connectivity index is 1.29. The van der Waals surface area contributed by atoms with Crippen LogP contribution < -0.4 is 0 Å². The van der Waals surface area contributed by atoms with E-state index in [1.807, 2.05) is 12.1 Å². The normalized spacial score (nSPS) is 11.8. The van der Waals surface area contributed by atoms with Crippen molar-refractivity contribution in [2.24, 2.45) is 0 Å². The van der Waals surface area contributed by atoms with Crippen LogP contribution in [0.2, 0.25) is 0 Å². The molecule has 0 amide bonds. The first kappa shape index (κ1) is 28.8. The van der Waals surface area contributed by atoms with Gasteiger partial charge in [0.05, 0.1) is 16.6 Å². The van der Waals surface area contributed by atoms with E-state index >= 15 is 0 Å². The van der Waals surface area contributed by atoms with Crippen molar-refractivity contribution in [1.29, 1.82) is 0 Å². The monoisotopic (exact) mass is 663 g/mol. The molecule has 0 saturated carbocycles. The number of hydrogen-bond donors (Lipinski definition) is 0. The summed E-state index contributed by atoms with van der Waals surface area (Å²) >= 11 is 0. The molecule has 11 rings (SSSR count). The second-order valence-electron chi connectivity index (χ2n) is 13.3. The average molecular weight is 664 g/mol. The molecule has 0 aliphatic heterocycles. The SMILES string of the molecule is c1ccc(-n2c3ccc(-c4cccc5c4oc4ccccc45)cc3c3c(-c4cccc5ccccc45)nc(-c4cccc5ccccc45)nc32)cc1. The van der Waals surface area contributed by atoms with Crippen molar-refractivity contribution in [2.75, 3.05) is 0 Å². The van der Waals surface area contributed by atoms with Crippen LogP contribution in [-0.2, 0) is 0 Å². The Kier molecular flexibility index (Phi) is 6.22. The van der Waals surface area contributed by atoms with E-state index in [1.54, 1.807) is 0 Å². The molecule has 0 atom stereocenters. The van der Waals surface area contributed by atoms with Gasteiger partial charge >= 0.3 is 0 Å². The van der Waals surface area contributed by atoms with Gasteiger partial charge in [0.25, 0.3) is 0 Å². The largest absolute Gasteiger partial charge is 0.455 e. The van der Waals surface area contributed by atoms with Crippen LogP contribution in [-0.4, -0.2) is 14.5 Å². The van der Waals surface area contributed by atoms with Crippen molar-refractivity contribution < 1.29 is 4.42 Å². The van der Waals surface area contributed by atoms with Crippen molar-refractivity contribution in [3.8, 4) is 39.5 Å². The van der Waals surface area contributed by atoms with E-state index < -0.39 is 0 Å². The summed E-state index contributed by atoms with van der Waals surface area (Å²) in [6.07, 6.45) is 0. The Bertz CT molecular complexity index is 3180. The summed E-state index contributed by atoms with van der Waals surface area (Å²) in [6.45, 7) is 0. The van der Waals surface area contributed by atoms with E-state index in [0.717, 1.165) is 93.7 Å². The second kappa shape index (κ2) is 11.2. The van der Waals surface area contributed by atoms with Gasteiger partial charge in [0.1, 0.15) is 16.8 Å². The van der Waals surface area contributed by atoms with Crippen LogP contribution in [0.3, 0.4) is 0 Å². The molecular weight excluding hydrogens is 635 g/mol. The minimum Gasteiger partial charge on any atom is -0.455 e. The van der Waals surface area contributed by atoms with Gasteiger partial charge < -0.3 is 4.42 Å². The molecule has 52 heavy (non-hydrogen) atoms. The number of hydrogen-bond acceptors (Lipinski definition) is 3. The quantitative estimate of drug-likeness (QED) is 0.188. The van der Waals surface area contributed by atoms with Crippen molar-refractivity contribution in [3.05, 3.63) is 176 Å². The average Bonchev–Trinajstić information content (AvgIpc) is 3.76. The third-order valence-electron chi connectivity index (χ3n) is 10.4. The number of fused-ring (bicyclic) bond motifs is 8. The molecule has 3 heterocycles. The predicted octanol–water partition coefficient (Wildman–Crippen LogP) is 12.8. The predicted molar refractivity (Wildman–Crippen MR) is 215 cm³/mol. The maximum atomic E-state index is 6.52. The fourth-order valence-corrected chi connectivity index (χ4v) is 8.05. The van der Waals surface area contributed by atoms with Gasteiger partial charge in [-0.1, -0.05) is 146 Å². The van der Waals surface area contributed by atoms with E-state index in [-0.39, 0.29) is 0 Å². The molecule has 242 valence electrons. The first-order valence-electron chi connectivity index (χ1n) is 17.6. The molecule has 4 nitrogen and oxygen atoms in total. The molecule has 8 aromatic carbocycles. The molecular formula is C48H29N3O. The Labute approximate surface area is 298 Å². The third-order valence-corrected chi connectivity index (χ3v) is 10.4. The molecule has 0 aliphatic carbocycles. The molecule has 3 aromatic heterocycles. The lowest BCUT2D eigenvalue weighted by molar-refractivity contribution is 0.670. The van der Waals surface area contributed by atoms with Crippen molar-refractivity contribution in [1.82, 2.24) is 14.5 Å². The van der Waals surface area contributed by atoms with Gasteiger partial charge in [-0.3, -0.25) is 4.57 Å². The number of aromatic nitrogens is 3. The standard InChI is InChI=1S/C48H29N3O/c1-2-17-33(18-3-1)51-42-28-27-32(36-22-12-24-39-37-21-8-9-26-43(37)52-46(36)39)29-41(42)44-45(38-23-10-15-30-13-4-6-19-34(30)38)49-47(50-48(44)51)40-25-11-16-31-14-5-7-20-35(31)40/h1-29H. The molecule has 0 aliphatic rings. The highest BCUT2D eigenvalue weighted by molar-refractivity contribution is 6.18. The minimum atomic E-state index is 0.694. The maximum absolute atomic E-state index is 6.52. The van der Waals surface area contributed by atoms with E-state index in [9.17, 15) is 0 Å². The van der Waals surface area contributed by atoms with Crippen LogP contribution in [0.1, 0.15) is 0 Å². The topological polar surface area (TPSA) is 43.9 Å². The first-order valence-corrected chi connectivity index (χ1v) is 17.6. The highest BCUT2D eigenvalue weighted by Gasteiger charge is 2.23. The van der Waals surface area contributed by atoms with Crippen LogP contribution in [0.4, 0.5) is 0 Å². The zero-order chi connectivity index (χ0) is 34.2. The lowest BCUT2D eigenvalue weighted by Gasteiger charge is -2.13. The Morgan fingerprint density at radius 1 is 0.442 bits per heavy atom. The van der Waals surface area contributed by atoms with Gasteiger partial charge in [-0.25, -0.2) is 9.97 Å². The summed E-state index contributed by atoms with van der Waals surface area (Å²) in [5.41, 5.74) is 9.85. The summed E-state index contributed by atoms with van der Waals surface area (Å²) < 4.78 is 8.82. The highest BCUT2D eigenvalue weighted by Crippen LogP contribution is 2.43. The van der Waals surface area contributed by atoms with Crippen molar-refractivity contribution in [2.45, 2.75) is 0 Å². The van der Waals surface area contributed by atoms with Crippen LogP contribution >= 0.6 is 0 Å². The molecule has 0 saturated heterocycles. The van der Waals surface area contributed by atoms with Gasteiger partial charge in [-0.2, -0.15) is 0 Å². The zero-order valence-corrected chi connectivity index (χ0v) is 28.0. The molecule has 0 unspecified atom stereocenters. The maximum Gasteiger partial charge on any atom is 0.162 e. The summed E-state index contributed by atoms with van der Waals surface area (Å²) in [5, 5.41) is 8.92. The Morgan fingerprint density at radius 3 is 1.87 bits per heavy atom. The number of nitrogens with zero attached hydrogens (tertiary/aromatic N) is 3. The van der Waals surface area contributed by atoms with E-state index in [1.165, 1.54) is 5.39 Å². The van der Waals surface area contributed by atoms with Gasteiger partial charge in [-0.15, -0.1) is 0 Å². The highest BCUT2D eigenvalue weighted by atomic mass is 16.3. The molecule has 0 N–H and O–H groups in total. The summed E-state index contributed by atoms with van der Waals surface area (Å²) in [6, 6.07) is 61.9. The molecule has 0 fully saturated rings. The summed E-state index contributed by atoms with van der Waals surface area (Å²) in [4.78, 5) is 11.0. The number of benzene rings is 8. The van der Waals surface area contributed by atoms with E-state index in [0.29, 0.717) is 5.82 Å². The molecule has 0 radical (unpaired) electrons. The number of rotatable bonds is 4. The van der Waals surface area contributed by atoms with Gasteiger partial charge in [0.2, 0.25) is 0 Å². The fourth-order valence-electron chi connectivity index (χ4n) is 8.05. The molecule has 0 bridgehead atoms. The van der Waals surface area contributed by atoms with Crippen LogP contribution in [0.25, 0.3) is 105 Å². The second-order valence-corrected chi connectivity index (χ2v) is 13.3. The van der Waals surface area contributed by atoms with Crippen molar-refractivity contribution in [3.63, 3.8) is 0 Å². The molecule has 0 spiro atoms. The fraction of sp³-hybridized carbons (Fsp3) is 0. The van der Waals surface area contributed by atoms with E-state index in [4.69, 9.17) is 14.4 Å². The number of furan rings is 1. The Morgan fingerprint density at radius 2 is 1.06 bits per heavy atom. The Hall–Kier alpha value is -7.04. The van der Waals surface area contributed by atoms with Crippen LogP contribution in [0, 0.1) is 0 Å². The minimum absolute atomic E-state index is 0.694. The van der Waals surface area contributed by atoms with Crippen molar-refractivity contribution >= 4 is 65.4 Å². The van der Waals surface area contributed by atoms with Gasteiger partial charge in [0.15, 0.2) is 5.82 Å². The van der Waals surface area contributed by atoms with E-state index in [2.05, 4.69) is 168 Å². The lowest BCUT2D eigenvalue weighted by atomic mass is 9.97. The van der Waals surface area contributed by atoms with Gasteiger partial charge in [0, 0.05) is 38.5 Å². The number of para-hydroxylation sites is 3. The smallest absolute Gasteiger partial charge is 0.162 e. The lowest BCUT2D eigenvalue weighted by Crippen LogP contribution is -2.00. The zero-order valence-electron chi connectivity index (χ0n) is 28.0. The summed E-state index contributed by atoms with van der Waals surface area (Å²) in [7, 11) is 0. The van der Waals surface area contributed by atoms with Crippen LogP contribution in [0.15, 0.2) is 180 Å². The van der Waals surface area contributed by atoms with Gasteiger partial charge in [-0.05, 0) is 57.4 Å². The molecule has 4 heteroatoms. The third kappa shape index (κ3) is 4.28. The summed E-state index contributed by atoms with van der Waals surface area (Å²) in [5.74, 6) is 0.694. The first-order chi connectivity index (χ1) is 25.8. The van der Waals surface area contributed by atoms with Crippen LogP contribution in [0.5, 0.6) is 0 Å².